The molecule has 0 aliphatic carbocycles. The summed E-state index contributed by atoms with van der Waals surface area (Å²) < 4.78 is 3.44. The fraction of sp³-hybridized carbons (Fsp3) is 0.333. The van der Waals surface area contributed by atoms with E-state index in [1.54, 1.807) is 21.3 Å². The van der Waals surface area contributed by atoms with Crippen LogP contribution in [0.1, 0.15) is 11.3 Å². The molecule has 3 heterocycles. The Kier molecular flexibility index (Phi) is 6.62. The van der Waals surface area contributed by atoms with Crippen molar-refractivity contribution in [3.05, 3.63) is 51.7 Å². The van der Waals surface area contributed by atoms with Gasteiger partial charge in [-0.3, -0.25) is 10.1 Å². The van der Waals surface area contributed by atoms with Crippen LogP contribution < -0.4 is 0 Å². The molecule has 12 nitrogen and oxygen atoms in total. The quantitative estimate of drug-likeness (QED) is 0.154. The first-order valence-corrected chi connectivity index (χ1v) is 11.4. The first-order chi connectivity index (χ1) is 15.4. The van der Waals surface area contributed by atoms with Gasteiger partial charge in [0.25, 0.3) is 11.5 Å². The first-order valence-electron chi connectivity index (χ1n) is 9.58. The minimum Gasteiger partial charge on any atom is -0.308 e. The highest BCUT2D eigenvalue weighted by Crippen LogP contribution is 2.28. The molecule has 1 aromatic carbocycles. The molecule has 32 heavy (non-hydrogen) atoms. The van der Waals surface area contributed by atoms with Crippen molar-refractivity contribution >= 4 is 35.0 Å². The summed E-state index contributed by atoms with van der Waals surface area (Å²) in [5, 5.41) is 29.4. The summed E-state index contributed by atoms with van der Waals surface area (Å²) in [6, 6.07) is 8.37. The van der Waals surface area contributed by atoms with Crippen molar-refractivity contribution in [1.29, 1.82) is 0 Å². The van der Waals surface area contributed by atoms with E-state index < -0.39 is 4.92 Å². The van der Waals surface area contributed by atoms with Gasteiger partial charge in [-0.25, -0.2) is 9.67 Å². The van der Waals surface area contributed by atoms with E-state index in [0.29, 0.717) is 28.4 Å². The number of hydrogen-bond donors (Lipinski definition) is 0. The van der Waals surface area contributed by atoms with Gasteiger partial charge in [-0.2, -0.15) is 9.50 Å². The van der Waals surface area contributed by atoms with Crippen molar-refractivity contribution in [3.8, 4) is 0 Å². The van der Waals surface area contributed by atoms with E-state index in [-0.39, 0.29) is 5.69 Å². The van der Waals surface area contributed by atoms with Crippen LogP contribution in [0.2, 0.25) is 0 Å². The van der Waals surface area contributed by atoms with Crippen LogP contribution in [-0.2, 0) is 12.3 Å². The Labute approximate surface area is 191 Å². The number of aromatic nitrogens is 8. The van der Waals surface area contributed by atoms with Crippen molar-refractivity contribution in [2.24, 2.45) is 0 Å². The number of benzene rings is 1. The SMILES string of the molecule is Cc1cc(Sc2nnnn2CCN(C)C)n2nc(SCc3ccc([N+](=O)[O-])cc3)nc2n1. The lowest BCUT2D eigenvalue weighted by Gasteiger charge is -2.10. The molecule has 0 radical (unpaired) electrons. The second kappa shape index (κ2) is 9.58. The Hall–Kier alpha value is -3.10. The number of thioether (sulfide) groups is 1. The number of nitrogens with zero attached hydrogens (tertiary/aromatic N) is 10. The number of hydrogen-bond acceptors (Lipinski definition) is 11. The van der Waals surface area contributed by atoms with E-state index in [0.717, 1.165) is 22.8 Å². The molecule has 166 valence electrons. The van der Waals surface area contributed by atoms with Gasteiger partial charge < -0.3 is 4.90 Å². The summed E-state index contributed by atoms with van der Waals surface area (Å²) in [4.78, 5) is 21.5. The molecule has 0 amide bonds. The van der Waals surface area contributed by atoms with Crippen LogP contribution in [0.3, 0.4) is 0 Å². The maximum absolute atomic E-state index is 10.8. The number of aryl methyl sites for hydroxylation is 1. The van der Waals surface area contributed by atoms with Crippen LogP contribution in [0.25, 0.3) is 5.78 Å². The third-order valence-electron chi connectivity index (χ3n) is 4.36. The number of non-ortho nitro benzene ring substituents is 1. The zero-order chi connectivity index (χ0) is 22.7. The van der Waals surface area contributed by atoms with E-state index in [9.17, 15) is 10.1 Å². The smallest absolute Gasteiger partial charge is 0.269 e. The molecular weight excluding hydrogens is 452 g/mol. The molecule has 4 aromatic rings. The summed E-state index contributed by atoms with van der Waals surface area (Å²) in [6.45, 7) is 3.39. The molecule has 0 atom stereocenters. The van der Waals surface area contributed by atoms with Crippen LogP contribution in [0.5, 0.6) is 0 Å². The predicted molar refractivity (Wildman–Crippen MR) is 119 cm³/mol. The maximum Gasteiger partial charge on any atom is 0.269 e. The lowest BCUT2D eigenvalue weighted by molar-refractivity contribution is -0.384. The summed E-state index contributed by atoms with van der Waals surface area (Å²) in [5.41, 5.74) is 1.82. The average Bonchev–Trinajstić information content (AvgIpc) is 3.37. The van der Waals surface area contributed by atoms with E-state index >= 15 is 0 Å². The molecule has 0 saturated heterocycles. The topological polar surface area (TPSA) is 133 Å². The summed E-state index contributed by atoms with van der Waals surface area (Å²) in [6.07, 6.45) is 0. The van der Waals surface area contributed by atoms with E-state index in [1.165, 1.54) is 35.7 Å². The number of tetrazole rings is 1. The second-order valence-corrected chi connectivity index (χ2v) is 9.07. The van der Waals surface area contributed by atoms with Gasteiger partial charge in [0, 0.05) is 30.1 Å². The highest BCUT2D eigenvalue weighted by molar-refractivity contribution is 7.99. The van der Waals surface area contributed by atoms with Gasteiger partial charge in [0.1, 0.15) is 5.03 Å². The Bertz CT molecular complexity index is 1240. The molecule has 0 aliphatic rings. The molecule has 0 saturated carbocycles. The molecule has 4 rings (SSSR count). The van der Waals surface area contributed by atoms with Crippen molar-refractivity contribution < 1.29 is 4.92 Å². The summed E-state index contributed by atoms with van der Waals surface area (Å²) in [7, 11) is 4.00. The Balaban J connectivity index is 1.52. The van der Waals surface area contributed by atoms with Gasteiger partial charge in [-0.1, -0.05) is 23.9 Å². The van der Waals surface area contributed by atoms with Gasteiger partial charge >= 0.3 is 0 Å². The lowest BCUT2D eigenvalue weighted by atomic mass is 10.2. The first kappa shape index (κ1) is 22.1. The molecule has 0 fully saturated rings. The third-order valence-corrected chi connectivity index (χ3v) is 6.24. The fourth-order valence-electron chi connectivity index (χ4n) is 2.73. The molecule has 0 spiro atoms. The molecule has 3 aromatic heterocycles. The van der Waals surface area contributed by atoms with Gasteiger partial charge in [0.05, 0.1) is 11.5 Å². The fourth-order valence-corrected chi connectivity index (χ4v) is 4.44. The summed E-state index contributed by atoms with van der Waals surface area (Å²) in [5.74, 6) is 1.07. The van der Waals surface area contributed by atoms with E-state index in [1.807, 2.05) is 27.1 Å². The van der Waals surface area contributed by atoms with Gasteiger partial charge in [-0.15, -0.1) is 10.2 Å². The van der Waals surface area contributed by atoms with Crippen LogP contribution in [0, 0.1) is 17.0 Å². The molecule has 0 bridgehead atoms. The molecular formula is C18H20N10O2S2. The van der Waals surface area contributed by atoms with Gasteiger partial charge in [0.15, 0.2) is 0 Å². The Morgan fingerprint density at radius 1 is 1.19 bits per heavy atom. The van der Waals surface area contributed by atoms with Gasteiger partial charge in [0.2, 0.25) is 10.3 Å². The lowest BCUT2D eigenvalue weighted by Crippen LogP contribution is -2.19. The normalized spacial score (nSPS) is 11.5. The zero-order valence-corrected chi connectivity index (χ0v) is 19.2. The molecule has 0 unspecified atom stereocenters. The largest absolute Gasteiger partial charge is 0.308 e. The van der Waals surface area contributed by atoms with Gasteiger partial charge in [-0.05, 0) is 54.8 Å². The molecule has 0 aliphatic heterocycles. The third kappa shape index (κ3) is 5.20. The van der Waals surface area contributed by atoms with Crippen molar-refractivity contribution in [1.82, 2.24) is 44.7 Å². The standard InChI is InChI=1S/C18H20N10O2S2/c1-12-10-15(32-18-21-23-24-26(18)9-8-25(2)3)27-16(19-12)20-17(22-27)31-11-13-4-6-14(7-5-13)28(29)30/h4-7,10H,8-9,11H2,1-3H3. The Morgan fingerprint density at radius 3 is 2.69 bits per heavy atom. The van der Waals surface area contributed by atoms with Crippen molar-refractivity contribution in [2.45, 2.75) is 34.6 Å². The van der Waals surface area contributed by atoms with Crippen molar-refractivity contribution in [3.63, 3.8) is 0 Å². The maximum atomic E-state index is 10.8. The predicted octanol–water partition coefficient (Wildman–Crippen LogP) is 2.33. The molecule has 0 N–H and O–H groups in total. The van der Waals surface area contributed by atoms with E-state index in [2.05, 4.69) is 35.5 Å². The van der Waals surface area contributed by atoms with Crippen LogP contribution >= 0.6 is 23.5 Å². The number of nitro groups is 1. The number of rotatable bonds is 9. The zero-order valence-electron chi connectivity index (χ0n) is 17.6. The summed E-state index contributed by atoms with van der Waals surface area (Å²) >= 11 is 2.84. The average molecular weight is 473 g/mol. The molecule has 14 heteroatoms. The van der Waals surface area contributed by atoms with Crippen LogP contribution in [0.15, 0.2) is 45.7 Å². The number of fused-ring (bicyclic) bond motifs is 1. The highest BCUT2D eigenvalue weighted by atomic mass is 32.2. The van der Waals surface area contributed by atoms with Crippen LogP contribution in [-0.4, -0.2) is 70.3 Å². The monoisotopic (exact) mass is 472 g/mol. The Morgan fingerprint density at radius 2 is 1.97 bits per heavy atom. The van der Waals surface area contributed by atoms with Crippen LogP contribution in [0.4, 0.5) is 5.69 Å². The highest BCUT2D eigenvalue weighted by Gasteiger charge is 2.15. The number of likely N-dealkylation sites (N-methyl/N-ethyl adjacent to an activating group) is 1. The minimum atomic E-state index is -0.412. The van der Waals surface area contributed by atoms with E-state index in [4.69, 9.17) is 0 Å². The van der Waals surface area contributed by atoms with Crippen molar-refractivity contribution in [2.75, 3.05) is 20.6 Å². The number of nitro benzene ring substituents is 1. The minimum absolute atomic E-state index is 0.0684. The second-order valence-electron chi connectivity index (χ2n) is 7.14.